The van der Waals surface area contributed by atoms with E-state index < -0.39 is 0 Å². The maximum atomic E-state index is 6.20. The van der Waals surface area contributed by atoms with E-state index in [1.165, 1.54) is 17.5 Å². The number of hydrogen-bond acceptors (Lipinski definition) is 5. The van der Waals surface area contributed by atoms with Crippen molar-refractivity contribution >= 4 is 11.0 Å². The number of likely N-dealkylation sites (tertiary alicyclic amines) is 1. The van der Waals surface area contributed by atoms with Crippen LogP contribution >= 0.6 is 0 Å². The molecule has 2 atom stereocenters. The third kappa shape index (κ3) is 3.78. The highest BCUT2D eigenvalue weighted by Gasteiger charge is 2.33. The molecule has 4 heterocycles. The van der Waals surface area contributed by atoms with Crippen molar-refractivity contribution in [2.24, 2.45) is 5.92 Å². The summed E-state index contributed by atoms with van der Waals surface area (Å²) in [5, 5.41) is 6.09. The fraction of sp³-hybridized carbons (Fsp3) is 0.320. The summed E-state index contributed by atoms with van der Waals surface area (Å²) >= 11 is 0. The molecular formula is C25H27N5O. The van der Waals surface area contributed by atoms with Crippen molar-refractivity contribution in [3.63, 3.8) is 0 Å². The molecule has 0 amide bonds. The lowest BCUT2D eigenvalue weighted by atomic mass is 9.94. The summed E-state index contributed by atoms with van der Waals surface area (Å²) in [7, 11) is 0. The van der Waals surface area contributed by atoms with E-state index in [0.29, 0.717) is 12.0 Å². The number of hydrazine groups is 1. The Balaban J connectivity index is 1.32. The second-order valence-electron chi connectivity index (χ2n) is 8.75. The number of rotatable bonds is 5. The molecule has 0 bridgehead atoms. The smallest absolute Gasteiger partial charge is 0.156 e. The number of nitrogens with zero attached hydrogens (tertiary/aromatic N) is 3. The Morgan fingerprint density at radius 3 is 2.81 bits per heavy atom. The van der Waals surface area contributed by atoms with E-state index in [2.05, 4.69) is 63.0 Å². The van der Waals surface area contributed by atoms with Gasteiger partial charge in [0, 0.05) is 55.3 Å². The van der Waals surface area contributed by atoms with E-state index in [1.807, 2.05) is 24.3 Å². The Morgan fingerprint density at radius 1 is 1.03 bits per heavy atom. The highest BCUT2D eigenvalue weighted by molar-refractivity contribution is 5.82. The quantitative estimate of drug-likeness (QED) is 0.523. The standard InChI is InChI=1S/C25H27N5O/c1-2-6-18(7-3-1)14-30-17-21(16-29-11-10-22-20(15-29)13-26-27-22)25(28-30)24-12-19-8-4-5-9-23(19)31-24/h1-9,12,17,20,22,26-27H,10-11,13-16H2. The van der Waals surface area contributed by atoms with Crippen molar-refractivity contribution in [2.45, 2.75) is 25.6 Å². The monoisotopic (exact) mass is 413 g/mol. The van der Waals surface area contributed by atoms with Crippen LogP contribution in [0, 0.1) is 5.92 Å². The van der Waals surface area contributed by atoms with Gasteiger partial charge in [0.2, 0.25) is 0 Å². The normalized spacial score (nSPS) is 21.5. The first-order valence-electron chi connectivity index (χ1n) is 11.1. The van der Waals surface area contributed by atoms with Gasteiger partial charge >= 0.3 is 0 Å². The average molecular weight is 414 g/mol. The molecule has 4 aromatic rings. The van der Waals surface area contributed by atoms with Gasteiger partial charge in [0.1, 0.15) is 11.3 Å². The van der Waals surface area contributed by atoms with Crippen LogP contribution in [0.4, 0.5) is 0 Å². The number of furan rings is 1. The number of para-hydroxylation sites is 1. The number of piperidine rings is 1. The van der Waals surface area contributed by atoms with Gasteiger partial charge in [0.15, 0.2) is 5.76 Å². The molecule has 2 aliphatic rings. The van der Waals surface area contributed by atoms with E-state index in [0.717, 1.165) is 55.1 Å². The van der Waals surface area contributed by atoms with Crippen molar-refractivity contribution in [3.05, 3.63) is 78.0 Å². The molecule has 158 valence electrons. The van der Waals surface area contributed by atoms with Gasteiger partial charge in [0.25, 0.3) is 0 Å². The number of aromatic nitrogens is 2. The van der Waals surface area contributed by atoms with Gasteiger partial charge in [-0.1, -0.05) is 48.5 Å². The summed E-state index contributed by atoms with van der Waals surface area (Å²) in [6.07, 6.45) is 3.38. The van der Waals surface area contributed by atoms with Gasteiger partial charge in [-0.2, -0.15) is 5.10 Å². The largest absolute Gasteiger partial charge is 0.454 e. The lowest BCUT2D eigenvalue weighted by Gasteiger charge is -2.33. The highest BCUT2D eigenvalue weighted by atomic mass is 16.3. The van der Waals surface area contributed by atoms with Crippen LogP contribution in [0.3, 0.4) is 0 Å². The predicted molar refractivity (Wildman–Crippen MR) is 121 cm³/mol. The minimum absolute atomic E-state index is 0.604. The van der Waals surface area contributed by atoms with Crippen molar-refractivity contribution in [1.82, 2.24) is 25.5 Å². The maximum Gasteiger partial charge on any atom is 0.156 e. The number of hydrogen-bond donors (Lipinski definition) is 2. The van der Waals surface area contributed by atoms with Crippen LogP contribution in [0.1, 0.15) is 17.5 Å². The fourth-order valence-corrected chi connectivity index (χ4v) is 4.95. The first-order chi connectivity index (χ1) is 15.3. The molecule has 2 saturated heterocycles. The SMILES string of the molecule is c1ccc(Cn2cc(CN3CCC4NNCC4C3)c(-c3cc4ccccc4o3)n2)cc1. The van der Waals surface area contributed by atoms with Gasteiger partial charge in [-0.15, -0.1) is 0 Å². The molecule has 2 fully saturated rings. The van der Waals surface area contributed by atoms with Gasteiger partial charge in [-0.25, -0.2) is 0 Å². The Labute approximate surface area is 181 Å². The zero-order chi connectivity index (χ0) is 20.6. The van der Waals surface area contributed by atoms with Crippen LogP contribution in [0.2, 0.25) is 0 Å². The summed E-state index contributed by atoms with van der Waals surface area (Å²) in [5.74, 6) is 1.52. The second kappa shape index (κ2) is 7.96. The maximum absolute atomic E-state index is 6.20. The Bertz CT molecular complexity index is 1150. The third-order valence-corrected chi connectivity index (χ3v) is 6.55. The van der Waals surface area contributed by atoms with Crippen LogP contribution in [-0.2, 0) is 13.1 Å². The summed E-state index contributed by atoms with van der Waals surface area (Å²) in [4.78, 5) is 2.56. The molecule has 0 spiro atoms. The van der Waals surface area contributed by atoms with Crippen molar-refractivity contribution in [1.29, 1.82) is 0 Å². The minimum Gasteiger partial charge on any atom is -0.454 e. The fourth-order valence-electron chi connectivity index (χ4n) is 4.95. The number of nitrogens with one attached hydrogen (secondary N) is 2. The van der Waals surface area contributed by atoms with Gasteiger partial charge in [0.05, 0.1) is 6.54 Å². The van der Waals surface area contributed by atoms with E-state index in [1.54, 1.807) is 0 Å². The van der Waals surface area contributed by atoms with Gasteiger partial charge < -0.3 is 4.42 Å². The van der Waals surface area contributed by atoms with E-state index in [9.17, 15) is 0 Å². The van der Waals surface area contributed by atoms with E-state index >= 15 is 0 Å². The zero-order valence-electron chi connectivity index (χ0n) is 17.5. The third-order valence-electron chi connectivity index (χ3n) is 6.55. The Hall–Kier alpha value is -2.93. The lowest BCUT2D eigenvalue weighted by molar-refractivity contribution is 0.161. The van der Waals surface area contributed by atoms with Crippen molar-refractivity contribution in [2.75, 3.05) is 19.6 Å². The van der Waals surface area contributed by atoms with Crippen molar-refractivity contribution in [3.8, 4) is 11.5 Å². The molecule has 6 rings (SSSR count). The molecule has 2 unspecified atom stereocenters. The van der Waals surface area contributed by atoms with Gasteiger partial charge in [-0.3, -0.25) is 20.4 Å². The molecule has 2 aromatic heterocycles. The molecule has 2 aliphatic heterocycles. The van der Waals surface area contributed by atoms with E-state index in [4.69, 9.17) is 9.52 Å². The Kier molecular flexibility index (Phi) is 4.83. The molecule has 0 aliphatic carbocycles. The Morgan fingerprint density at radius 2 is 1.90 bits per heavy atom. The van der Waals surface area contributed by atoms with Crippen LogP contribution < -0.4 is 10.9 Å². The minimum atomic E-state index is 0.604. The molecule has 2 aromatic carbocycles. The van der Waals surface area contributed by atoms with Crippen molar-refractivity contribution < 1.29 is 4.42 Å². The molecule has 2 N–H and O–H groups in total. The second-order valence-corrected chi connectivity index (χ2v) is 8.75. The predicted octanol–water partition coefficient (Wildman–Crippen LogP) is 3.64. The lowest BCUT2D eigenvalue weighted by Crippen LogP contribution is -2.44. The van der Waals surface area contributed by atoms with Crippen LogP contribution in [0.5, 0.6) is 0 Å². The summed E-state index contributed by atoms with van der Waals surface area (Å²) < 4.78 is 8.26. The molecular weight excluding hydrogens is 386 g/mol. The summed E-state index contributed by atoms with van der Waals surface area (Å²) in [5.41, 5.74) is 11.1. The van der Waals surface area contributed by atoms with Crippen LogP contribution in [-0.4, -0.2) is 40.4 Å². The zero-order valence-corrected chi connectivity index (χ0v) is 17.5. The number of fused-ring (bicyclic) bond motifs is 2. The molecule has 31 heavy (non-hydrogen) atoms. The number of benzene rings is 2. The van der Waals surface area contributed by atoms with Gasteiger partial charge in [-0.05, 0) is 24.1 Å². The first-order valence-corrected chi connectivity index (χ1v) is 11.1. The molecule has 0 radical (unpaired) electrons. The van der Waals surface area contributed by atoms with Crippen LogP contribution in [0.15, 0.2) is 71.3 Å². The topological polar surface area (TPSA) is 58.3 Å². The average Bonchev–Trinajstić information content (AvgIpc) is 3.52. The molecule has 0 saturated carbocycles. The summed E-state index contributed by atoms with van der Waals surface area (Å²) in [6, 6.07) is 21.4. The molecule has 6 nitrogen and oxygen atoms in total. The first kappa shape index (κ1) is 18.8. The van der Waals surface area contributed by atoms with Crippen LogP contribution in [0.25, 0.3) is 22.4 Å². The highest BCUT2D eigenvalue weighted by Crippen LogP contribution is 2.31. The summed E-state index contributed by atoms with van der Waals surface area (Å²) in [6.45, 7) is 4.90. The molecule has 6 heteroatoms. The van der Waals surface area contributed by atoms with E-state index in [-0.39, 0.29) is 0 Å².